The number of piperidine rings is 1. The number of rotatable bonds is 0. The first-order chi connectivity index (χ1) is 4.77. The zero-order chi connectivity index (χ0) is 7.14. The van der Waals surface area contributed by atoms with Gasteiger partial charge in [0.2, 0.25) is 12.1 Å². The van der Waals surface area contributed by atoms with Gasteiger partial charge in [-0.3, -0.25) is 4.79 Å². The van der Waals surface area contributed by atoms with E-state index in [-0.39, 0.29) is 17.9 Å². The van der Waals surface area contributed by atoms with Crippen LogP contribution in [0.5, 0.6) is 0 Å². The van der Waals surface area contributed by atoms with Crippen LogP contribution in [0.25, 0.3) is 0 Å². The van der Waals surface area contributed by atoms with E-state index >= 15 is 0 Å². The highest BCUT2D eigenvalue weighted by Crippen LogP contribution is 2.29. The molecule has 0 aromatic carbocycles. The third kappa shape index (κ3) is 0.696. The molecule has 2 rings (SSSR count). The molecule has 3 heteroatoms. The van der Waals surface area contributed by atoms with Gasteiger partial charge in [-0.2, -0.15) is 0 Å². The van der Waals surface area contributed by atoms with E-state index in [1.54, 1.807) is 0 Å². The molecular formula is C7H10NO2+. The van der Waals surface area contributed by atoms with Gasteiger partial charge in [0.1, 0.15) is 5.78 Å². The van der Waals surface area contributed by atoms with Crippen LogP contribution in [-0.2, 0) is 4.79 Å². The number of carbonyl (C=O) groups excluding carboxylic acids is 1. The highest BCUT2D eigenvalue weighted by Gasteiger charge is 2.47. The van der Waals surface area contributed by atoms with Crippen molar-refractivity contribution in [2.75, 3.05) is 0 Å². The maximum Gasteiger partial charge on any atom is 0.208 e. The van der Waals surface area contributed by atoms with E-state index < -0.39 is 0 Å². The molecular weight excluding hydrogens is 130 g/mol. The van der Waals surface area contributed by atoms with Gasteiger partial charge in [0, 0.05) is 22.5 Å². The van der Waals surface area contributed by atoms with Gasteiger partial charge in [-0.25, -0.2) is 0 Å². The predicted molar refractivity (Wildman–Crippen MR) is 34.7 cm³/mol. The summed E-state index contributed by atoms with van der Waals surface area (Å²) in [5.74, 6) is 0.277. The summed E-state index contributed by atoms with van der Waals surface area (Å²) in [5.41, 5.74) is 0. The van der Waals surface area contributed by atoms with Crippen molar-refractivity contribution in [1.29, 1.82) is 0 Å². The fourth-order valence-corrected chi connectivity index (χ4v) is 1.93. The Labute approximate surface area is 59.0 Å². The molecule has 2 fully saturated rings. The third-order valence-corrected chi connectivity index (χ3v) is 2.48. The molecule has 0 amide bonds. The van der Waals surface area contributed by atoms with Gasteiger partial charge in [0.25, 0.3) is 0 Å². The molecule has 3 nitrogen and oxygen atoms in total. The molecule has 2 atom stereocenters. The summed E-state index contributed by atoms with van der Waals surface area (Å²) in [7, 11) is 0. The Balaban J connectivity index is 2.24. The van der Waals surface area contributed by atoms with E-state index in [1.165, 1.54) is 0 Å². The Morgan fingerprint density at radius 2 is 1.70 bits per heavy atom. The molecule has 10 heavy (non-hydrogen) atoms. The molecule has 0 aromatic heterocycles. The van der Waals surface area contributed by atoms with Crippen molar-refractivity contribution < 1.29 is 9.55 Å². The van der Waals surface area contributed by atoms with Gasteiger partial charge >= 0.3 is 0 Å². The van der Waals surface area contributed by atoms with Gasteiger partial charge < -0.3 is 0 Å². The third-order valence-electron chi connectivity index (χ3n) is 2.48. The fraction of sp³-hybridized carbons (Fsp3) is 0.857. The van der Waals surface area contributed by atoms with Gasteiger partial charge in [-0.1, -0.05) is 0 Å². The molecule has 0 saturated carbocycles. The van der Waals surface area contributed by atoms with E-state index in [1.807, 2.05) is 0 Å². The summed E-state index contributed by atoms with van der Waals surface area (Å²) < 4.78 is 1.13. The average molecular weight is 140 g/mol. The highest BCUT2D eigenvalue weighted by atomic mass is 16.3. The fourth-order valence-electron chi connectivity index (χ4n) is 1.93. The van der Waals surface area contributed by atoms with Crippen LogP contribution in [0.15, 0.2) is 0 Å². The summed E-state index contributed by atoms with van der Waals surface area (Å²) in [6, 6.07) is 0.0671. The molecule has 2 aliphatic heterocycles. The van der Waals surface area contributed by atoms with Crippen molar-refractivity contribution in [2.24, 2.45) is 0 Å². The van der Waals surface area contributed by atoms with Gasteiger partial charge in [-0.05, 0) is 0 Å². The molecule has 2 aliphatic rings. The van der Waals surface area contributed by atoms with Crippen LogP contribution in [0.4, 0.5) is 0 Å². The molecule has 2 heterocycles. The maximum atomic E-state index is 11.1. The second-order valence-electron chi connectivity index (χ2n) is 3.19. The van der Waals surface area contributed by atoms with Gasteiger partial charge in [-0.15, -0.1) is 0 Å². The van der Waals surface area contributed by atoms with Gasteiger partial charge in [0.05, 0.1) is 12.8 Å². The molecule has 0 N–H and O–H groups in total. The van der Waals surface area contributed by atoms with Crippen LogP contribution in [0, 0.1) is 4.91 Å². The van der Waals surface area contributed by atoms with E-state index in [0.29, 0.717) is 12.8 Å². The first kappa shape index (κ1) is 6.01. The van der Waals surface area contributed by atoms with Crippen molar-refractivity contribution in [2.45, 2.75) is 37.8 Å². The first-order valence-electron chi connectivity index (χ1n) is 3.74. The smallest absolute Gasteiger partial charge is 0.208 e. The Bertz CT molecular complexity index is 182. The second-order valence-corrected chi connectivity index (χ2v) is 3.19. The molecule has 54 valence electrons. The SMILES string of the molecule is O=C1CC2CCC(C1)[N+]2=O. The predicted octanol–water partition coefficient (Wildman–Crippen LogP) is 0.659. The van der Waals surface area contributed by atoms with Crippen molar-refractivity contribution in [3.8, 4) is 0 Å². The Morgan fingerprint density at radius 3 is 2.20 bits per heavy atom. The molecule has 2 saturated heterocycles. The lowest BCUT2D eigenvalue weighted by atomic mass is 10.0. The number of hydrogen-bond acceptors (Lipinski definition) is 2. The minimum Gasteiger partial charge on any atom is -0.299 e. The summed E-state index contributed by atoms with van der Waals surface area (Å²) in [6.45, 7) is 0. The van der Waals surface area contributed by atoms with Crippen molar-refractivity contribution >= 4 is 5.78 Å². The number of fused-ring (bicyclic) bond motifs is 2. The highest BCUT2D eigenvalue weighted by molar-refractivity contribution is 5.80. The van der Waals surface area contributed by atoms with E-state index in [4.69, 9.17) is 0 Å². The molecule has 2 bridgehead atoms. The lowest BCUT2D eigenvalue weighted by molar-refractivity contribution is -0.601. The van der Waals surface area contributed by atoms with Crippen LogP contribution in [-0.4, -0.2) is 22.6 Å². The number of nitroso groups, excluding NO2 is 1. The normalized spacial score (nSPS) is 38.8. The Kier molecular flexibility index (Phi) is 1.13. The lowest BCUT2D eigenvalue weighted by Crippen LogP contribution is -2.33. The topological polar surface area (TPSA) is 37.1 Å². The monoisotopic (exact) mass is 140 g/mol. The van der Waals surface area contributed by atoms with Crippen LogP contribution in [0.2, 0.25) is 0 Å². The summed E-state index contributed by atoms with van der Waals surface area (Å²) in [4.78, 5) is 22.0. The van der Waals surface area contributed by atoms with Crippen molar-refractivity contribution in [1.82, 2.24) is 0 Å². The number of carbonyl (C=O) groups is 1. The summed E-state index contributed by atoms with van der Waals surface area (Å²) >= 11 is 0. The van der Waals surface area contributed by atoms with Crippen LogP contribution in [0.1, 0.15) is 25.7 Å². The van der Waals surface area contributed by atoms with Crippen LogP contribution >= 0.6 is 0 Å². The average Bonchev–Trinajstić information content (AvgIpc) is 2.20. The van der Waals surface area contributed by atoms with Crippen molar-refractivity contribution in [3.05, 3.63) is 4.91 Å². The Morgan fingerprint density at radius 1 is 1.20 bits per heavy atom. The number of hydrogen-bond donors (Lipinski definition) is 0. The van der Waals surface area contributed by atoms with E-state index in [2.05, 4.69) is 0 Å². The van der Waals surface area contributed by atoms with Gasteiger partial charge in [0.15, 0.2) is 0 Å². The number of nitrogens with zero attached hydrogens (tertiary/aromatic N) is 1. The molecule has 0 aromatic rings. The minimum absolute atomic E-state index is 0.0336. The maximum absolute atomic E-state index is 11.1. The summed E-state index contributed by atoms with van der Waals surface area (Å²) in [5, 5.41) is 0. The van der Waals surface area contributed by atoms with E-state index in [0.717, 1.165) is 17.6 Å². The van der Waals surface area contributed by atoms with Crippen molar-refractivity contribution in [3.63, 3.8) is 0 Å². The summed E-state index contributed by atoms with van der Waals surface area (Å²) in [6.07, 6.45) is 2.86. The van der Waals surface area contributed by atoms with Crippen LogP contribution in [0.3, 0.4) is 0 Å². The lowest BCUT2D eigenvalue weighted by Gasteiger charge is -2.08. The zero-order valence-corrected chi connectivity index (χ0v) is 5.75. The molecule has 0 aliphatic carbocycles. The minimum atomic E-state index is 0.0336. The molecule has 2 unspecified atom stereocenters. The Hall–Kier alpha value is -0.730. The quantitative estimate of drug-likeness (QED) is 0.463. The standard InChI is InChI=1S/C7H10NO2/c9-7-3-5-1-2-6(4-7)8(5)10/h5-6H,1-4H2/q+1. The molecule has 0 spiro atoms. The number of ketones is 1. The zero-order valence-electron chi connectivity index (χ0n) is 5.75. The van der Waals surface area contributed by atoms with E-state index in [9.17, 15) is 9.70 Å². The number of Topliss-reactive ketones (excluding diaryl/α,β-unsaturated/α-hetero) is 1. The first-order valence-corrected chi connectivity index (χ1v) is 3.74. The van der Waals surface area contributed by atoms with Crippen LogP contribution < -0.4 is 0 Å². The largest absolute Gasteiger partial charge is 0.299 e. The molecule has 0 radical (unpaired) electrons. The second kappa shape index (κ2) is 1.87.